The van der Waals surface area contributed by atoms with Crippen LogP contribution in [0.2, 0.25) is 5.02 Å². The van der Waals surface area contributed by atoms with Crippen LogP contribution < -0.4 is 0 Å². The fraction of sp³-hybridized carbons (Fsp3) is 0.125. The summed E-state index contributed by atoms with van der Waals surface area (Å²) in [6.07, 6.45) is 1.53. The molecule has 5 heteroatoms. The Kier molecular flexibility index (Phi) is 5.15. The standard InChI is InChI=1S/C16H12ClNO2S/c1-2-20-16(19)11(10-18)9-12-7-8-15(21-12)13-5-3-4-6-14(13)17/h3-9H,2H2,1H3/b11-9+. The number of hydrogen-bond acceptors (Lipinski definition) is 4. The zero-order valence-electron chi connectivity index (χ0n) is 11.3. The maximum absolute atomic E-state index is 11.6. The van der Waals surface area contributed by atoms with Crippen LogP contribution in [0, 0.1) is 11.3 Å². The second-order valence-corrected chi connectivity index (χ2v) is 5.59. The molecule has 0 fully saturated rings. The van der Waals surface area contributed by atoms with Gasteiger partial charge in [0, 0.05) is 20.3 Å². The van der Waals surface area contributed by atoms with E-state index in [1.54, 1.807) is 6.92 Å². The normalized spacial score (nSPS) is 11.0. The maximum Gasteiger partial charge on any atom is 0.348 e. The summed E-state index contributed by atoms with van der Waals surface area (Å²) in [6.45, 7) is 1.95. The van der Waals surface area contributed by atoms with Crippen molar-refractivity contribution in [2.75, 3.05) is 6.61 Å². The molecule has 0 saturated carbocycles. The van der Waals surface area contributed by atoms with Crippen LogP contribution in [0.3, 0.4) is 0 Å². The van der Waals surface area contributed by atoms with Crippen molar-refractivity contribution in [2.24, 2.45) is 0 Å². The number of hydrogen-bond donors (Lipinski definition) is 0. The van der Waals surface area contributed by atoms with Gasteiger partial charge in [0.1, 0.15) is 11.6 Å². The van der Waals surface area contributed by atoms with Crippen molar-refractivity contribution in [2.45, 2.75) is 6.92 Å². The van der Waals surface area contributed by atoms with Crippen LogP contribution in [0.15, 0.2) is 42.0 Å². The Balaban J connectivity index is 2.30. The van der Waals surface area contributed by atoms with Crippen molar-refractivity contribution >= 4 is 35.0 Å². The number of nitriles is 1. The summed E-state index contributed by atoms with van der Waals surface area (Å²) in [7, 11) is 0. The van der Waals surface area contributed by atoms with Gasteiger partial charge in [0.15, 0.2) is 0 Å². The molecule has 0 aliphatic rings. The van der Waals surface area contributed by atoms with E-state index in [1.807, 2.05) is 42.5 Å². The zero-order chi connectivity index (χ0) is 15.2. The second-order valence-electron chi connectivity index (χ2n) is 4.07. The summed E-state index contributed by atoms with van der Waals surface area (Å²) in [5.74, 6) is -0.604. The van der Waals surface area contributed by atoms with Crippen LogP contribution in [0.1, 0.15) is 11.8 Å². The lowest BCUT2D eigenvalue weighted by Gasteiger charge is -1.99. The first-order valence-corrected chi connectivity index (χ1v) is 7.48. The first-order chi connectivity index (χ1) is 10.2. The number of ether oxygens (including phenoxy) is 1. The van der Waals surface area contributed by atoms with Crippen molar-refractivity contribution in [3.63, 3.8) is 0 Å². The van der Waals surface area contributed by atoms with Crippen molar-refractivity contribution in [3.05, 3.63) is 51.9 Å². The molecule has 0 aliphatic heterocycles. The van der Waals surface area contributed by atoms with Gasteiger partial charge in [0.25, 0.3) is 0 Å². The minimum absolute atomic E-state index is 0.00981. The van der Waals surface area contributed by atoms with E-state index in [0.717, 1.165) is 15.3 Å². The zero-order valence-corrected chi connectivity index (χ0v) is 12.9. The monoisotopic (exact) mass is 317 g/mol. The lowest BCUT2D eigenvalue weighted by Crippen LogP contribution is -2.05. The molecule has 0 unspecified atom stereocenters. The predicted molar refractivity (Wildman–Crippen MR) is 85.0 cm³/mol. The van der Waals surface area contributed by atoms with Gasteiger partial charge in [-0.2, -0.15) is 5.26 Å². The lowest BCUT2D eigenvalue weighted by molar-refractivity contribution is -0.137. The predicted octanol–water partition coefficient (Wildman–Crippen LogP) is 4.54. The smallest absolute Gasteiger partial charge is 0.348 e. The third-order valence-corrected chi connectivity index (χ3v) is 4.06. The molecule has 0 spiro atoms. The fourth-order valence-electron chi connectivity index (χ4n) is 1.72. The highest BCUT2D eigenvalue weighted by Crippen LogP contribution is 2.33. The summed E-state index contributed by atoms with van der Waals surface area (Å²) in [5, 5.41) is 9.68. The second kappa shape index (κ2) is 7.07. The number of rotatable bonds is 4. The summed E-state index contributed by atoms with van der Waals surface area (Å²) >= 11 is 7.62. The van der Waals surface area contributed by atoms with E-state index in [-0.39, 0.29) is 12.2 Å². The highest BCUT2D eigenvalue weighted by molar-refractivity contribution is 7.16. The third kappa shape index (κ3) is 3.72. The van der Waals surface area contributed by atoms with Gasteiger partial charge in [-0.15, -0.1) is 11.3 Å². The van der Waals surface area contributed by atoms with E-state index >= 15 is 0 Å². The van der Waals surface area contributed by atoms with Gasteiger partial charge in [-0.3, -0.25) is 0 Å². The van der Waals surface area contributed by atoms with Crippen LogP contribution in [-0.2, 0) is 9.53 Å². The van der Waals surface area contributed by atoms with Gasteiger partial charge in [-0.1, -0.05) is 29.8 Å². The summed E-state index contributed by atoms with van der Waals surface area (Å²) in [5.41, 5.74) is 0.919. The van der Waals surface area contributed by atoms with E-state index in [4.69, 9.17) is 21.6 Å². The number of nitrogens with zero attached hydrogens (tertiary/aromatic N) is 1. The molecule has 2 aromatic rings. The lowest BCUT2D eigenvalue weighted by atomic mass is 10.2. The molecular weight excluding hydrogens is 306 g/mol. The third-order valence-electron chi connectivity index (χ3n) is 2.67. The van der Waals surface area contributed by atoms with Gasteiger partial charge in [-0.25, -0.2) is 4.79 Å². The van der Waals surface area contributed by atoms with Crippen molar-refractivity contribution in [1.29, 1.82) is 5.26 Å². The van der Waals surface area contributed by atoms with E-state index in [2.05, 4.69) is 0 Å². The number of carbonyl (C=O) groups excluding carboxylic acids is 1. The fourth-order valence-corrected chi connectivity index (χ4v) is 3.01. The van der Waals surface area contributed by atoms with Gasteiger partial charge >= 0.3 is 5.97 Å². The number of carbonyl (C=O) groups is 1. The number of benzene rings is 1. The molecule has 0 N–H and O–H groups in total. The molecule has 0 saturated heterocycles. The molecule has 1 aromatic heterocycles. The van der Waals surface area contributed by atoms with Crippen LogP contribution in [0.5, 0.6) is 0 Å². The number of thiophene rings is 1. The Hall–Kier alpha value is -2.09. The van der Waals surface area contributed by atoms with Gasteiger partial charge in [-0.05, 0) is 31.2 Å². The average Bonchev–Trinajstić information content (AvgIpc) is 2.93. The molecule has 0 aliphatic carbocycles. The average molecular weight is 318 g/mol. The molecule has 0 radical (unpaired) electrons. The molecule has 0 amide bonds. The first-order valence-electron chi connectivity index (χ1n) is 6.29. The molecule has 1 aromatic carbocycles. The highest BCUT2D eigenvalue weighted by atomic mass is 35.5. The first kappa shape index (κ1) is 15.3. The Bertz CT molecular complexity index is 728. The molecule has 2 rings (SSSR count). The quantitative estimate of drug-likeness (QED) is 0.472. The Morgan fingerprint density at radius 3 is 2.81 bits per heavy atom. The SMILES string of the molecule is CCOC(=O)/C(C#N)=C/c1ccc(-c2ccccc2Cl)s1. The number of halogens is 1. The summed E-state index contributed by atoms with van der Waals surface area (Å²) < 4.78 is 4.83. The number of esters is 1. The van der Waals surface area contributed by atoms with E-state index in [0.29, 0.717) is 5.02 Å². The molecular formula is C16H12ClNO2S. The summed E-state index contributed by atoms with van der Waals surface area (Å²) in [6, 6.07) is 13.2. The molecule has 3 nitrogen and oxygen atoms in total. The molecule has 0 atom stereocenters. The van der Waals surface area contributed by atoms with E-state index in [1.165, 1.54) is 17.4 Å². The Labute approximate surface area is 132 Å². The molecule has 1 heterocycles. The molecule has 0 bridgehead atoms. The Morgan fingerprint density at radius 1 is 1.38 bits per heavy atom. The van der Waals surface area contributed by atoms with Crippen LogP contribution in [-0.4, -0.2) is 12.6 Å². The molecule has 21 heavy (non-hydrogen) atoms. The van der Waals surface area contributed by atoms with E-state index < -0.39 is 5.97 Å². The topological polar surface area (TPSA) is 50.1 Å². The van der Waals surface area contributed by atoms with E-state index in [9.17, 15) is 4.79 Å². The van der Waals surface area contributed by atoms with Gasteiger partial charge in [0.05, 0.1) is 6.61 Å². The van der Waals surface area contributed by atoms with Crippen LogP contribution in [0.4, 0.5) is 0 Å². The maximum atomic E-state index is 11.6. The van der Waals surface area contributed by atoms with Crippen molar-refractivity contribution < 1.29 is 9.53 Å². The van der Waals surface area contributed by atoms with Crippen molar-refractivity contribution in [1.82, 2.24) is 0 Å². The van der Waals surface area contributed by atoms with Crippen LogP contribution in [0.25, 0.3) is 16.5 Å². The highest BCUT2D eigenvalue weighted by Gasteiger charge is 2.11. The van der Waals surface area contributed by atoms with Gasteiger partial charge in [0.2, 0.25) is 0 Å². The molecule has 106 valence electrons. The van der Waals surface area contributed by atoms with Crippen molar-refractivity contribution in [3.8, 4) is 16.5 Å². The summed E-state index contributed by atoms with van der Waals surface area (Å²) in [4.78, 5) is 13.4. The Morgan fingerprint density at radius 2 is 2.14 bits per heavy atom. The largest absolute Gasteiger partial charge is 0.462 e. The minimum atomic E-state index is -0.604. The van der Waals surface area contributed by atoms with Gasteiger partial charge < -0.3 is 4.74 Å². The van der Waals surface area contributed by atoms with Crippen LogP contribution >= 0.6 is 22.9 Å². The minimum Gasteiger partial charge on any atom is -0.462 e.